The Hall–Kier alpha value is -4.16. The van der Waals surface area contributed by atoms with Gasteiger partial charge < -0.3 is 0 Å². The first-order valence-electron chi connectivity index (χ1n) is 13.3. The van der Waals surface area contributed by atoms with Crippen molar-refractivity contribution in [1.82, 2.24) is 0 Å². The van der Waals surface area contributed by atoms with Crippen LogP contribution in [-0.2, 0) is 5.41 Å². The summed E-state index contributed by atoms with van der Waals surface area (Å²) in [5.41, 5.74) is 13.5. The van der Waals surface area contributed by atoms with Crippen LogP contribution in [0.4, 0.5) is 0 Å². The molecule has 0 heteroatoms. The Morgan fingerprint density at radius 1 is 0.486 bits per heavy atom. The number of hydrogen-bond donors (Lipinski definition) is 0. The van der Waals surface area contributed by atoms with E-state index < -0.39 is 0 Å². The van der Waals surface area contributed by atoms with Crippen molar-refractivity contribution in [3.05, 3.63) is 172 Å². The molecule has 0 spiro atoms. The average molecular weight is 475 g/mol. The van der Waals surface area contributed by atoms with Crippen molar-refractivity contribution in [2.45, 2.75) is 31.1 Å². The molecule has 5 aromatic carbocycles. The Kier molecular flexibility index (Phi) is 5.04. The van der Waals surface area contributed by atoms with Gasteiger partial charge in [0, 0.05) is 17.3 Å². The van der Waals surface area contributed by atoms with E-state index in [1.54, 1.807) is 0 Å². The molecule has 0 heterocycles. The van der Waals surface area contributed by atoms with Gasteiger partial charge in [-0.15, -0.1) is 0 Å². The normalized spacial score (nSPS) is 16.2. The van der Waals surface area contributed by atoms with Crippen LogP contribution >= 0.6 is 0 Å². The Morgan fingerprint density at radius 3 is 1.57 bits per heavy atom. The Balaban J connectivity index is 1.66. The molecule has 2 aliphatic carbocycles. The Morgan fingerprint density at radius 2 is 1.00 bits per heavy atom. The fraction of sp³-hybridized carbons (Fsp3) is 0.135. The minimum atomic E-state index is -0.329. The lowest BCUT2D eigenvalue weighted by molar-refractivity contribution is 0.405. The lowest BCUT2D eigenvalue weighted by Gasteiger charge is -2.47. The monoisotopic (exact) mass is 474 g/mol. The summed E-state index contributed by atoms with van der Waals surface area (Å²) in [6, 6.07) is 47.7. The van der Waals surface area contributed by atoms with E-state index in [1.807, 2.05) is 0 Å². The SMILES string of the molecule is CC1=Cc2ccc(C)cc2C1C(c1ccccc1)(c1ccccc1)C1c2ccccc2-c2ccccc21. The van der Waals surface area contributed by atoms with Crippen LogP contribution in [-0.4, -0.2) is 0 Å². The summed E-state index contributed by atoms with van der Waals surface area (Å²) in [5.74, 6) is 0.376. The molecule has 1 unspecified atom stereocenters. The van der Waals surface area contributed by atoms with Gasteiger partial charge in [0.25, 0.3) is 0 Å². The van der Waals surface area contributed by atoms with Gasteiger partial charge in [-0.05, 0) is 58.4 Å². The topological polar surface area (TPSA) is 0 Å². The van der Waals surface area contributed by atoms with E-state index in [-0.39, 0.29) is 17.3 Å². The number of aryl methyl sites for hydroxylation is 1. The van der Waals surface area contributed by atoms with Crippen LogP contribution in [0.25, 0.3) is 17.2 Å². The summed E-state index contributed by atoms with van der Waals surface area (Å²) >= 11 is 0. The summed E-state index contributed by atoms with van der Waals surface area (Å²) in [7, 11) is 0. The predicted molar refractivity (Wildman–Crippen MR) is 155 cm³/mol. The molecule has 5 aromatic rings. The molecular weight excluding hydrogens is 444 g/mol. The molecule has 0 nitrogen and oxygen atoms in total. The fourth-order valence-electron chi connectivity index (χ4n) is 7.33. The molecule has 0 N–H and O–H groups in total. The quantitative estimate of drug-likeness (QED) is 0.243. The lowest BCUT2D eigenvalue weighted by atomic mass is 9.54. The van der Waals surface area contributed by atoms with Gasteiger partial charge in [0.1, 0.15) is 0 Å². The van der Waals surface area contributed by atoms with E-state index >= 15 is 0 Å². The first-order valence-corrected chi connectivity index (χ1v) is 13.3. The van der Waals surface area contributed by atoms with Crippen molar-refractivity contribution in [3.63, 3.8) is 0 Å². The maximum Gasteiger partial charge on any atom is 0.0418 e. The van der Waals surface area contributed by atoms with E-state index in [0.29, 0.717) is 0 Å². The van der Waals surface area contributed by atoms with Gasteiger partial charge in [-0.25, -0.2) is 0 Å². The second kappa shape index (κ2) is 8.46. The third-order valence-corrected chi connectivity index (χ3v) is 8.64. The zero-order valence-corrected chi connectivity index (χ0v) is 21.4. The van der Waals surface area contributed by atoms with Crippen LogP contribution < -0.4 is 0 Å². The van der Waals surface area contributed by atoms with Gasteiger partial charge in [0.2, 0.25) is 0 Å². The largest absolute Gasteiger partial charge is 0.0639 e. The van der Waals surface area contributed by atoms with Crippen LogP contribution in [0.5, 0.6) is 0 Å². The molecule has 0 aliphatic heterocycles. The van der Waals surface area contributed by atoms with Crippen molar-refractivity contribution in [1.29, 1.82) is 0 Å². The van der Waals surface area contributed by atoms with Crippen LogP contribution in [0.2, 0.25) is 0 Å². The first kappa shape index (κ1) is 22.1. The molecule has 178 valence electrons. The number of allylic oxidation sites excluding steroid dienone is 1. The second-order valence-electron chi connectivity index (χ2n) is 10.7. The van der Waals surface area contributed by atoms with Crippen molar-refractivity contribution in [2.24, 2.45) is 0 Å². The number of fused-ring (bicyclic) bond motifs is 4. The van der Waals surface area contributed by atoms with Crippen LogP contribution in [0.3, 0.4) is 0 Å². The lowest BCUT2D eigenvalue weighted by Crippen LogP contribution is -2.41. The highest BCUT2D eigenvalue weighted by Crippen LogP contribution is 2.64. The third kappa shape index (κ3) is 3.15. The fourth-order valence-corrected chi connectivity index (χ4v) is 7.33. The van der Waals surface area contributed by atoms with Crippen molar-refractivity contribution in [3.8, 4) is 11.1 Å². The maximum absolute atomic E-state index is 2.43. The maximum atomic E-state index is 2.43. The zero-order valence-electron chi connectivity index (χ0n) is 21.4. The first-order chi connectivity index (χ1) is 18.2. The number of benzene rings is 5. The highest BCUT2D eigenvalue weighted by molar-refractivity contribution is 5.82. The molecular formula is C37H30. The molecule has 7 rings (SSSR count). The van der Waals surface area contributed by atoms with E-state index in [9.17, 15) is 0 Å². The molecule has 0 saturated carbocycles. The van der Waals surface area contributed by atoms with Crippen LogP contribution in [0.1, 0.15) is 57.7 Å². The summed E-state index contributed by atoms with van der Waals surface area (Å²) in [6.45, 7) is 4.56. The molecule has 0 amide bonds. The van der Waals surface area contributed by atoms with Gasteiger partial charge >= 0.3 is 0 Å². The second-order valence-corrected chi connectivity index (χ2v) is 10.7. The summed E-state index contributed by atoms with van der Waals surface area (Å²) < 4.78 is 0. The van der Waals surface area contributed by atoms with Gasteiger partial charge in [-0.3, -0.25) is 0 Å². The van der Waals surface area contributed by atoms with Gasteiger partial charge in [0.05, 0.1) is 0 Å². The molecule has 0 fully saturated rings. The van der Waals surface area contributed by atoms with Crippen LogP contribution in [0, 0.1) is 6.92 Å². The summed E-state index contributed by atoms with van der Waals surface area (Å²) in [6.07, 6.45) is 2.42. The Bertz CT molecular complexity index is 1550. The van der Waals surface area contributed by atoms with E-state index in [4.69, 9.17) is 0 Å². The smallest absolute Gasteiger partial charge is 0.0418 e. The van der Waals surface area contributed by atoms with E-state index in [1.165, 1.54) is 55.6 Å². The molecule has 0 aromatic heterocycles. The van der Waals surface area contributed by atoms with E-state index in [0.717, 1.165) is 0 Å². The predicted octanol–water partition coefficient (Wildman–Crippen LogP) is 9.29. The number of hydrogen-bond acceptors (Lipinski definition) is 0. The molecule has 0 radical (unpaired) electrons. The molecule has 1 atom stereocenters. The minimum Gasteiger partial charge on any atom is -0.0639 e. The third-order valence-electron chi connectivity index (χ3n) is 8.64. The summed E-state index contributed by atoms with van der Waals surface area (Å²) in [4.78, 5) is 0. The van der Waals surface area contributed by atoms with E-state index in [2.05, 4.69) is 147 Å². The van der Waals surface area contributed by atoms with Crippen molar-refractivity contribution in [2.75, 3.05) is 0 Å². The van der Waals surface area contributed by atoms with Gasteiger partial charge in [0.15, 0.2) is 0 Å². The highest BCUT2D eigenvalue weighted by atomic mass is 14.6. The van der Waals surface area contributed by atoms with Crippen LogP contribution in [0.15, 0.2) is 133 Å². The minimum absolute atomic E-state index is 0.171. The molecule has 0 saturated heterocycles. The molecule has 0 bridgehead atoms. The van der Waals surface area contributed by atoms with Crippen molar-refractivity contribution < 1.29 is 0 Å². The van der Waals surface area contributed by atoms with Crippen molar-refractivity contribution >= 4 is 6.08 Å². The Labute approximate surface area is 220 Å². The average Bonchev–Trinajstić information content (AvgIpc) is 3.46. The van der Waals surface area contributed by atoms with Gasteiger partial charge in [-0.1, -0.05) is 145 Å². The standard InChI is InChI=1S/C37H30/c1-25-21-22-27-24-26(2)35(34(27)23-25)37(28-13-5-3-6-14-28,29-15-7-4-8-16-29)36-32-19-11-9-17-30(32)31-18-10-12-20-33(31)36/h3-24,35-36H,1-2H3. The zero-order chi connectivity index (χ0) is 25.0. The molecule has 2 aliphatic rings. The molecule has 37 heavy (non-hydrogen) atoms. The summed E-state index contributed by atoms with van der Waals surface area (Å²) in [5, 5.41) is 0. The van der Waals surface area contributed by atoms with Gasteiger partial charge in [-0.2, -0.15) is 0 Å². The highest BCUT2D eigenvalue weighted by Gasteiger charge is 2.54. The number of rotatable bonds is 4.